The summed E-state index contributed by atoms with van der Waals surface area (Å²) in [5, 5.41) is 21.5. The lowest BCUT2D eigenvalue weighted by Crippen LogP contribution is -2.70. The minimum absolute atomic E-state index is 0.0486. The topological polar surface area (TPSA) is 138 Å². The maximum absolute atomic E-state index is 13.2. The van der Waals surface area contributed by atoms with E-state index in [2.05, 4.69) is 13.8 Å². The molecule has 0 aromatic heterocycles. The third-order valence-corrected chi connectivity index (χ3v) is 11.9. The van der Waals surface area contributed by atoms with Crippen LogP contribution in [0.25, 0.3) is 0 Å². The summed E-state index contributed by atoms with van der Waals surface area (Å²) < 4.78 is 29.9. The van der Waals surface area contributed by atoms with Gasteiger partial charge in [0.25, 0.3) is 0 Å². The van der Waals surface area contributed by atoms with E-state index >= 15 is 0 Å². The summed E-state index contributed by atoms with van der Waals surface area (Å²) in [5.41, 5.74) is 0.648. The number of hydrogen-bond donors (Lipinski definition) is 2. The zero-order valence-electron chi connectivity index (χ0n) is 25.3. The summed E-state index contributed by atoms with van der Waals surface area (Å²) in [6.45, 7) is 12.0. The fourth-order valence-electron chi connectivity index (χ4n) is 9.85. The number of aliphatic hydroxyl groups is 2. The minimum atomic E-state index is -1.27. The number of ether oxygens (including phenoxy) is 5. The van der Waals surface area contributed by atoms with Crippen LogP contribution >= 0.6 is 0 Å². The summed E-state index contributed by atoms with van der Waals surface area (Å²) in [4.78, 5) is 39.0. The van der Waals surface area contributed by atoms with E-state index in [1.165, 1.54) is 13.2 Å². The molecule has 0 aromatic rings. The highest BCUT2D eigenvalue weighted by Gasteiger charge is 2.78. The molecule has 0 spiro atoms. The maximum Gasteiger partial charge on any atom is 0.337 e. The Morgan fingerprint density at radius 1 is 1.19 bits per heavy atom. The van der Waals surface area contributed by atoms with Gasteiger partial charge in [-0.3, -0.25) is 4.79 Å². The molecule has 10 nitrogen and oxygen atoms in total. The van der Waals surface area contributed by atoms with E-state index in [0.717, 1.165) is 11.1 Å². The van der Waals surface area contributed by atoms with Crippen LogP contribution in [-0.4, -0.2) is 78.6 Å². The molecule has 3 aliphatic carbocycles. The molecule has 0 radical (unpaired) electrons. The smallest absolute Gasteiger partial charge is 0.337 e. The zero-order chi connectivity index (χ0) is 30.5. The van der Waals surface area contributed by atoms with E-state index in [1.54, 1.807) is 19.9 Å². The Bertz CT molecular complexity index is 1310. The van der Waals surface area contributed by atoms with Crippen molar-refractivity contribution >= 4 is 17.9 Å². The summed E-state index contributed by atoms with van der Waals surface area (Å²) in [6, 6.07) is 0. The molecule has 3 aliphatic heterocycles. The Labute approximate surface area is 246 Å². The van der Waals surface area contributed by atoms with E-state index in [4.69, 9.17) is 23.7 Å². The number of carbonyl (C=O) groups excluding carboxylic acids is 3. The fraction of sp³-hybridized carbons (Fsp3) is 0.719. The summed E-state index contributed by atoms with van der Waals surface area (Å²) >= 11 is 0. The van der Waals surface area contributed by atoms with Gasteiger partial charge in [0.2, 0.25) is 6.29 Å². The van der Waals surface area contributed by atoms with Gasteiger partial charge in [0, 0.05) is 52.1 Å². The lowest BCUT2D eigenvalue weighted by molar-refractivity contribution is -0.248. The molecule has 42 heavy (non-hydrogen) atoms. The van der Waals surface area contributed by atoms with Crippen molar-refractivity contribution in [3.8, 4) is 0 Å². The normalized spacial score (nSPS) is 47.5. The molecule has 6 aliphatic rings. The fourth-order valence-corrected chi connectivity index (χ4v) is 9.85. The average molecular weight is 587 g/mol. The minimum Gasteiger partial charge on any atom is -0.469 e. The molecular formula is C32H42O10. The second kappa shape index (κ2) is 9.74. The van der Waals surface area contributed by atoms with Crippen LogP contribution in [0.3, 0.4) is 0 Å². The van der Waals surface area contributed by atoms with Crippen molar-refractivity contribution < 1.29 is 48.3 Å². The number of allylic oxidation sites excluding steroid dienone is 2. The zero-order valence-corrected chi connectivity index (χ0v) is 25.3. The van der Waals surface area contributed by atoms with E-state index < -0.39 is 64.8 Å². The molecule has 0 amide bonds. The first-order valence-corrected chi connectivity index (χ1v) is 14.9. The standard InChI is InChI=1S/C32H42O10/c1-8-14(2)28(36)41-21-12-20(33)30(4)13-39-25-26(30)31(21,5)19(11-22(34)38-7)32(6)24-15(3)16(9-18(24)40-27(25)32)17-10-23(35)42-29(17)37/h8,10,16,18-21,23,25-27,33,35H,9,11-13H2,1-7H3/b14-8+/t16-,18-,19-,20-,21+,23?,25-,26+,27-,30-,31+,32-/m1/s1. The van der Waals surface area contributed by atoms with E-state index in [0.29, 0.717) is 24.2 Å². The van der Waals surface area contributed by atoms with Crippen molar-refractivity contribution in [3.63, 3.8) is 0 Å². The number of methoxy groups -OCH3 is 1. The summed E-state index contributed by atoms with van der Waals surface area (Å²) in [7, 11) is 1.37. The number of esters is 3. The predicted octanol–water partition coefficient (Wildman–Crippen LogP) is 2.76. The number of hydrogen-bond acceptors (Lipinski definition) is 10. The van der Waals surface area contributed by atoms with Crippen molar-refractivity contribution in [2.24, 2.45) is 34.0 Å². The van der Waals surface area contributed by atoms with E-state index in [-0.39, 0.29) is 36.8 Å². The van der Waals surface area contributed by atoms with Crippen LogP contribution in [0.1, 0.15) is 60.8 Å². The third kappa shape index (κ3) is 3.74. The summed E-state index contributed by atoms with van der Waals surface area (Å²) in [6.07, 6.45) is -0.0469. The molecule has 0 aromatic carbocycles. The van der Waals surface area contributed by atoms with Gasteiger partial charge in [0.15, 0.2) is 0 Å². The Balaban J connectivity index is 1.53. The molecule has 230 valence electrons. The van der Waals surface area contributed by atoms with Crippen molar-refractivity contribution in [3.05, 3.63) is 34.4 Å². The van der Waals surface area contributed by atoms with Crippen molar-refractivity contribution in [2.45, 2.75) is 97.6 Å². The van der Waals surface area contributed by atoms with Crippen LogP contribution in [-0.2, 0) is 38.1 Å². The number of carbonyl (C=O) groups is 3. The molecular weight excluding hydrogens is 544 g/mol. The molecule has 2 saturated carbocycles. The molecule has 10 heteroatoms. The first-order chi connectivity index (χ1) is 19.7. The Hall–Kier alpha value is -2.53. The lowest BCUT2D eigenvalue weighted by Gasteiger charge is -2.65. The van der Waals surface area contributed by atoms with Gasteiger partial charge in [-0.15, -0.1) is 0 Å². The molecule has 3 heterocycles. The van der Waals surface area contributed by atoms with E-state index in [9.17, 15) is 24.6 Å². The monoisotopic (exact) mass is 586 g/mol. The molecule has 1 unspecified atom stereocenters. The first-order valence-electron chi connectivity index (χ1n) is 14.9. The van der Waals surface area contributed by atoms with Crippen LogP contribution in [0.15, 0.2) is 34.4 Å². The predicted molar refractivity (Wildman–Crippen MR) is 147 cm³/mol. The van der Waals surface area contributed by atoms with Crippen LogP contribution in [0.2, 0.25) is 0 Å². The lowest BCUT2D eigenvalue weighted by atomic mass is 9.40. The van der Waals surface area contributed by atoms with Crippen molar-refractivity contribution in [2.75, 3.05) is 13.7 Å². The van der Waals surface area contributed by atoms with Gasteiger partial charge in [-0.05, 0) is 44.8 Å². The number of rotatable bonds is 5. The highest BCUT2D eigenvalue weighted by molar-refractivity contribution is 5.92. The van der Waals surface area contributed by atoms with Crippen molar-refractivity contribution in [1.82, 2.24) is 0 Å². The van der Waals surface area contributed by atoms with Gasteiger partial charge in [-0.2, -0.15) is 0 Å². The summed E-state index contributed by atoms with van der Waals surface area (Å²) in [5.74, 6) is -2.37. The van der Waals surface area contributed by atoms with Gasteiger partial charge < -0.3 is 33.9 Å². The Morgan fingerprint density at radius 2 is 1.90 bits per heavy atom. The number of aliphatic hydroxyl groups excluding tert-OH is 2. The molecule has 0 bridgehead atoms. The molecule has 4 fully saturated rings. The molecule has 6 rings (SSSR count). The van der Waals surface area contributed by atoms with Crippen LogP contribution in [0.5, 0.6) is 0 Å². The van der Waals surface area contributed by atoms with Crippen LogP contribution in [0.4, 0.5) is 0 Å². The quantitative estimate of drug-likeness (QED) is 0.214. The highest BCUT2D eigenvalue weighted by Crippen LogP contribution is 2.73. The second-order valence-corrected chi connectivity index (χ2v) is 13.7. The average Bonchev–Trinajstić information content (AvgIpc) is 3.66. The maximum atomic E-state index is 13.2. The Kier molecular flexibility index (Phi) is 6.85. The van der Waals surface area contributed by atoms with Gasteiger partial charge in [-0.25, -0.2) is 9.59 Å². The van der Waals surface area contributed by atoms with Crippen LogP contribution < -0.4 is 0 Å². The number of fused-ring (bicyclic) bond motifs is 4. The largest absolute Gasteiger partial charge is 0.469 e. The van der Waals surface area contributed by atoms with Gasteiger partial charge in [0.05, 0.1) is 38.1 Å². The molecule has 12 atom stereocenters. The highest BCUT2D eigenvalue weighted by atomic mass is 16.6. The first kappa shape index (κ1) is 29.5. The van der Waals surface area contributed by atoms with Crippen LogP contribution in [0, 0.1) is 34.0 Å². The van der Waals surface area contributed by atoms with Gasteiger partial charge in [-0.1, -0.05) is 32.4 Å². The Morgan fingerprint density at radius 3 is 2.52 bits per heavy atom. The number of cyclic esters (lactones) is 1. The van der Waals surface area contributed by atoms with E-state index in [1.807, 2.05) is 13.8 Å². The molecule has 2 N–H and O–H groups in total. The SMILES string of the molecule is C/C=C(\C)C(=O)O[C@H]1C[C@@H](O)[C@@]2(C)CO[C@H]3[C@H]4O[C@@H]5C[C@@H](C6=CC(O)OC6=O)C(C)=C5[C@@]4(C)[C@H](CC(=O)OC)[C@]1(C)[C@@H]32. The van der Waals surface area contributed by atoms with Crippen molar-refractivity contribution in [1.29, 1.82) is 0 Å². The van der Waals surface area contributed by atoms with Gasteiger partial charge in [0.1, 0.15) is 6.10 Å². The second-order valence-electron chi connectivity index (χ2n) is 13.7. The third-order valence-electron chi connectivity index (χ3n) is 11.9. The molecule has 2 saturated heterocycles. The van der Waals surface area contributed by atoms with Gasteiger partial charge >= 0.3 is 17.9 Å².